The van der Waals surface area contributed by atoms with Crippen LogP contribution in [0.25, 0.3) is 0 Å². The molecule has 208 valence electrons. The zero-order chi connectivity index (χ0) is 26.0. The van der Waals surface area contributed by atoms with Gasteiger partial charge in [0.2, 0.25) is 0 Å². The Morgan fingerprint density at radius 1 is 0.429 bits per heavy atom. The minimum absolute atomic E-state index is 0. The molecular formula is C24H52CaO6P2S2. The summed E-state index contributed by atoms with van der Waals surface area (Å²) in [7, 11) is 0. The fourth-order valence-electron chi connectivity index (χ4n) is 2.90. The zero-order valence-corrected chi connectivity index (χ0v) is 28.6. The molecule has 0 saturated carbocycles. The molecule has 0 aromatic rings. The predicted octanol–water partition coefficient (Wildman–Crippen LogP) is 7.15. The van der Waals surface area contributed by atoms with Gasteiger partial charge in [0.05, 0.1) is 26.4 Å². The third kappa shape index (κ3) is 36.3. The van der Waals surface area contributed by atoms with Crippen molar-refractivity contribution in [2.75, 3.05) is 26.4 Å². The molecule has 0 radical (unpaired) electrons. The Labute approximate surface area is 257 Å². The van der Waals surface area contributed by atoms with E-state index in [1.807, 2.05) is 0 Å². The van der Waals surface area contributed by atoms with Crippen molar-refractivity contribution in [2.24, 2.45) is 0 Å². The minimum Gasteiger partial charge on any atom is -0.780 e. The molecule has 0 bridgehead atoms. The maximum atomic E-state index is 11.6. The smallest absolute Gasteiger partial charge is 0.780 e. The van der Waals surface area contributed by atoms with Crippen LogP contribution in [0.3, 0.4) is 0 Å². The summed E-state index contributed by atoms with van der Waals surface area (Å²) in [4.78, 5) is 23.3. The molecule has 0 rings (SSSR count). The Balaban J connectivity index is -0.000000569. The summed E-state index contributed by atoms with van der Waals surface area (Å²) < 4.78 is 20.5. The fourth-order valence-corrected chi connectivity index (χ4v) is 5.35. The first-order valence-electron chi connectivity index (χ1n) is 13.4. The van der Waals surface area contributed by atoms with Crippen molar-refractivity contribution < 1.29 is 27.9 Å². The van der Waals surface area contributed by atoms with Crippen LogP contribution in [0, 0.1) is 0 Å². The summed E-state index contributed by atoms with van der Waals surface area (Å²) in [5, 5.41) is 0. The molecule has 11 heteroatoms. The summed E-state index contributed by atoms with van der Waals surface area (Å²) in [6, 6.07) is 0. The number of hydrogen-bond acceptors (Lipinski definition) is 8. The molecule has 35 heavy (non-hydrogen) atoms. The number of unbranched alkanes of at least 4 members (excludes halogenated alkanes) is 12. The van der Waals surface area contributed by atoms with Crippen LogP contribution in [0.15, 0.2) is 0 Å². The number of rotatable bonds is 24. The average Bonchev–Trinajstić information content (AvgIpc) is 2.79. The molecule has 6 nitrogen and oxygen atoms in total. The van der Waals surface area contributed by atoms with Gasteiger partial charge < -0.3 is 27.9 Å². The van der Waals surface area contributed by atoms with E-state index in [9.17, 15) is 9.79 Å². The fraction of sp³-hybridized carbons (Fsp3) is 1.00. The van der Waals surface area contributed by atoms with Gasteiger partial charge in [0, 0.05) is 0 Å². The van der Waals surface area contributed by atoms with E-state index >= 15 is 0 Å². The Hall–Kier alpha value is 2.32. The Morgan fingerprint density at radius 3 is 0.800 bits per heavy atom. The van der Waals surface area contributed by atoms with Crippen molar-refractivity contribution >= 4 is 74.8 Å². The third-order valence-electron chi connectivity index (χ3n) is 4.99. The summed E-state index contributed by atoms with van der Waals surface area (Å²) >= 11 is 9.62. The minimum atomic E-state index is -3.21. The predicted molar refractivity (Wildman–Crippen MR) is 155 cm³/mol. The quantitative estimate of drug-likeness (QED) is 0.0655. The van der Waals surface area contributed by atoms with Gasteiger partial charge in [-0.1, -0.05) is 128 Å². The maximum absolute atomic E-state index is 11.6. The van der Waals surface area contributed by atoms with Gasteiger partial charge in [0.15, 0.2) is 0 Å². The third-order valence-corrected chi connectivity index (χ3v) is 8.25. The topological polar surface area (TPSA) is 83.0 Å². The van der Waals surface area contributed by atoms with Crippen molar-refractivity contribution in [2.45, 2.75) is 130 Å². The number of hydrogen-bond donors (Lipinski definition) is 0. The van der Waals surface area contributed by atoms with Crippen LogP contribution in [0.2, 0.25) is 0 Å². The van der Waals surface area contributed by atoms with E-state index in [-0.39, 0.29) is 37.7 Å². The van der Waals surface area contributed by atoms with Crippen LogP contribution in [-0.4, -0.2) is 64.2 Å². The second kappa shape index (κ2) is 30.9. The standard InChI is InChI=1S/2C12H27O3PS.Ca/c2*1-3-5-7-9-11-14-16(13,17)15-12-10-8-6-4-2;/h2*3-12H2,1-2H3,(H,13,17);/q;;+2/p-2. The van der Waals surface area contributed by atoms with E-state index in [0.717, 1.165) is 51.4 Å². The first kappa shape index (κ1) is 41.8. The van der Waals surface area contributed by atoms with E-state index < -0.39 is 13.4 Å². The summed E-state index contributed by atoms with van der Waals surface area (Å²) in [6.07, 6.45) is 17.5. The molecule has 0 aliphatic carbocycles. The van der Waals surface area contributed by atoms with E-state index in [4.69, 9.17) is 41.7 Å². The van der Waals surface area contributed by atoms with E-state index in [1.54, 1.807) is 0 Å². The van der Waals surface area contributed by atoms with Crippen LogP contribution in [0.4, 0.5) is 0 Å². The summed E-state index contributed by atoms with van der Waals surface area (Å²) in [6.45, 7) is 4.01. The van der Waals surface area contributed by atoms with Crippen molar-refractivity contribution in [3.63, 3.8) is 0 Å². The van der Waals surface area contributed by atoms with E-state index in [1.165, 1.54) is 51.4 Å². The average molecular weight is 603 g/mol. The van der Waals surface area contributed by atoms with E-state index in [0.29, 0.717) is 26.4 Å². The Morgan fingerprint density at radius 2 is 0.629 bits per heavy atom. The van der Waals surface area contributed by atoms with Crippen LogP contribution >= 0.6 is 13.4 Å². The second-order valence-electron chi connectivity index (χ2n) is 8.47. The molecule has 0 aliphatic heterocycles. The maximum Gasteiger partial charge on any atom is 2.00 e. The van der Waals surface area contributed by atoms with Gasteiger partial charge >= 0.3 is 37.7 Å². The van der Waals surface area contributed by atoms with Crippen LogP contribution in [0.5, 0.6) is 0 Å². The van der Waals surface area contributed by atoms with Gasteiger partial charge in [0.1, 0.15) is 13.4 Å². The molecule has 0 atom stereocenters. The van der Waals surface area contributed by atoms with Gasteiger partial charge in [0.25, 0.3) is 0 Å². The molecule has 0 spiro atoms. The largest absolute Gasteiger partial charge is 2.00 e. The first-order valence-corrected chi connectivity index (χ1v) is 18.6. The van der Waals surface area contributed by atoms with E-state index in [2.05, 4.69) is 27.7 Å². The van der Waals surface area contributed by atoms with Crippen LogP contribution in [-0.2, 0) is 41.7 Å². The van der Waals surface area contributed by atoms with Crippen molar-refractivity contribution in [1.29, 1.82) is 0 Å². The van der Waals surface area contributed by atoms with Gasteiger partial charge in [-0.15, -0.1) is 0 Å². The zero-order valence-electron chi connectivity index (χ0n) is 23.0. The van der Waals surface area contributed by atoms with Crippen molar-refractivity contribution in [1.82, 2.24) is 0 Å². The van der Waals surface area contributed by atoms with Crippen molar-refractivity contribution in [3.05, 3.63) is 0 Å². The van der Waals surface area contributed by atoms with Crippen molar-refractivity contribution in [3.8, 4) is 0 Å². The molecule has 0 amide bonds. The molecule has 0 aliphatic rings. The van der Waals surface area contributed by atoms with Crippen LogP contribution in [0.1, 0.15) is 130 Å². The SMILES string of the molecule is CCCCCCOP([O-])(=S)OCCCCCC.CCCCCCOP([O-])(=S)OCCCCCC.[Ca+2]. The second-order valence-corrected chi connectivity index (χ2v) is 14.0. The molecule has 0 heterocycles. The molecule has 0 aromatic heterocycles. The normalized spacial score (nSPS) is 11.6. The molecule has 0 N–H and O–H groups in total. The first-order chi connectivity index (χ1) is 16.2. The monoisotopic (exact) mass is 602 g/mol. The van der Waals surface area contributed by atoms with Gasteiger partial charge in [-0.3, -0.25) is 0 Å². The Kier molecular flexibility index (Phi) is 36.8. The molecule has 0 fully saturated rings. The molecule has 0 saturated heterocycles. The summed E-state index contributed by atoms with van der Waals surface area (Å²) in [5.74, 6) is 0. The summed E-state index contributed by atoms with van der Waals surface area (Å²) in [5.41, 5.74) is 0. The molecule has 0 aromatic carbocycles. The molecule has 0 unspecified atom stereocenters. The van der Waals surface area contributed by atoms with Crippen LogP contribution < -0.4 is 9.79 Å². The molecular weight excluding hydrogens is 550 g/mol. The Bertz CT molecular complexity index is 438. The van der Waals surface area contributed by atoms with Gasteiger partial charge in [-0.05, 0) is 25.7 Å². The van der Waals surface area contributed by atoms with Gasteiger partial charge in [-0.25, -0.2) is 0 Å². The van der Waals surface area contributed by atoms with Gasteiger partial charge in [-0.2, -0.15) is 0 Å².